The highest BCUT2D eigenvalue weighted by Crippen LogP contribution is 2.26. The number of hydrogen-bond donors (Lipinski definition) is 1. The first kappa shape index (κ1) is 15.4. The van der Waals surface area contributed by atoms with Gasteiger partial charge in [0.05, 0.1) is 9.40 Å². The minimum absolute atomic E-state index is 0.0465. The van der Waals surface area contributed by atoms with Gasteiger partial charge in [-0.3, -0.25) is 10.1 Å². The molecule has 0 atom stereocenters. The van der Waals surface area contributed by atoms with Crippen molar-refractivity contribution in [2.45, 2.75) is 13.2 Å². The molecular formula is C14H12BrFN2O3. The quantitative estimate of drug-likeness (QED) is 0.657. The van der Waals surface area contributed by atoms with E-state index >= 15 is 0 Å². The molecule has 21 heavy (non-hydrogen) atoms. The van der Waals surface area contributed by atoms with Crippen LogP contribution in [0.2, 0.25) is 0 Å². The second-order valence-corrected chi connectivity index (χ2v) is 5.05. The molecule has 5 nitrogen and oxygen atoms in total. The van der Waals surface area contributed by atoms with Crippen molar-refractivity contribution in [3.8, 4) is 5.75 Å². The van der Waals surface area contributed by atoms with Crippen molar-refractivity contribution in [3.63, 3.8) is 0 Å². The molecule has 2 aromatic carbocycles. The van der Waals surface area contributed by atoms with Crippen LogP contribution in [0.4, 0.5) is 10.1 Å². The smallest absolute Gasteiger partial charge is 0.270 e. The van der Waals surface area contributed by atoms with Gasteiger partial charge in [0.1, 0.15) is 18.2 Å². The second kappa shape index (κ2) is 6.64. The van der Waals surface area contributed by atoms with Crippen molar-refractivity contribution < 1.29 is 14.1 Å². The summed E-state index contributed by atoms with van der Waals surface area (Å²) in [4.78, 5) is 10.2. The van der Waals surface area contributed by atoms with E-state index in [4.69, 9.17) is 10.5 Å². The lowest BCUT2D eigenvalue weighted by Gasteiger charge is -2.11. The molecule has 0 aromatic heterocycles. The van der Waals surface area contributed by atoms with Crippen molar-refractivity contribution in [2.24, 2.45) is 5.73 Å². The van der Waals surface area contributed by atoms with E-state index in [-0.39, 0.29) is 24.7 Å². The summed E-state index contributed by atoms with van der Waals surface area (Å²) in [7, 11) is 0. The van der Waals surface area contributed by atoms with E-state index in [0.717, 1.165) is 0 Å². The molecule has 0 bridgehead atoms. The van der Waals surface area contributed by atoms with Gasteiger partial charge in [-0.2, -0.15) is 0 Å². The minimum atomic E-state index is -0.494. The fraction of sp³-hybridized carbons (Fsp3) is 0.143. The summed E-state index contributed by atoms with van der Waals surface area (Å²) in [5.74, 6) is 0.0677. The minimum Gasteiger partial charge on any atom is -0.489 e. The topological polar surface area (TPSA) is 78.4 Å². The number of non-ortho nitro benzene ring substituents is 1. The molecule has 7 heteroatoms. The predicted octanol–water partition coefficient (Wildman–Crippen LogP) is 3.53. The maximum absolute atomic E-state index is 13.4. The molecule has 0 saturated carbocycles. The number of rotatable bonds is 5. The van der Waals surface area contributed by atoms with Gasteiger partial charge >= 0.3 is 0 Å². The van der Waals surface area contributed by atoms with E-state index in [2.05, 4.69) is 15.9 Å². The maximum atomic E-state index is 13.4. The zero-order valence-corrected chi connectivity index (χ0v) is 12.5. The zero-order chi connectivity index (χ0) is 15.4. The van der Waals surface area contributed by atoms with Crippen LogP contribution in [0.5, 0.6) is 5.75 Å². The van der Waals surface area contributed by atoms with Crippen LogP contribution in [0.3, 0.4) is 0 Å². The lowest BCUT2D eigenvalue weighted by Crippen LogP contribution is -2.04. The van der Waals surface area contributed by atoms with Gasteiger partial charge < -0.3 is 10.5 Å². The van der Waals surface area contributed by atoms with Gasteiger partial charge in [0.15, 0.2) is 0 Å². The Bertz CT molecular complexity index is 679. The van der Waals surface area contributed by atoms with Gasteiger partial charge in [0.2, 0.25) is 0 Å². The summed E-state index contributed by atoms with van der Waals surface area (Å²) in [6.07, 6.45) is 0. The summed E-state index contributed by atoms with van der Waals surface area (Å²) < 4.78 is 19.3. The second-order valence-electron chi connectivity index (χ2n) is 4.25. The van der Waals surface area contributed by atoms with Crippen LogP contribution in [0, 0.1) is 15.9 Å². The number of ether oxygens (including phenoxy) is 1. The normalized spacial score (nSPS) is 10.4. The molecule has 0 spiro atoms. The fourth-order valence-corrected chi connectivity index (χ4v) is 2.17. The van der Waals surface area contributed by atoms with Gasteiger partial charge in [0, 0.05) is 29.8 Å². The first-order valence-electron chi connectivity index (χ1n) is 6.06. The summed E-state index contributed by atoms with van der Waals surface area (Å²) in [5.41, 5.74) is 6.68. The van der Waals surface area contributed by atoms with E-state index in [1.807, 2.05) is 0 Å². The summed E-state index contributed by atoms with van der Waals surface area (Å²) >= 11 is 3.15. The Labute approximate surface area is 128 Å². The highest BCUT2D eigenvalue weighted by atomic mass is 79.9. The molecule has 0 radical (unpaired) electrons. The van der Waals surface area contributed by atoms with Gasteiger partial charge in [-0.1, -0.05) is 12.1 Å². The Hall–Kier alpha value is -1.99. The Morgan fingerprint density at radius 2 is 2.05 bits per heavy atom. The molecule has 0 aliphatic heterocycles. The Morgan fingerprint density at radius 1 is 1.29 bits per heavy atom. The largest absolute Gasteiger partial charge is 0.489 e. The lowest BCUT2D eigenvalue weighted by atomic mass is 10.1. The number of nitrogens with zero attached hydrogens (tertiary/aromatic N) is 1. The van der Waals surface area contributed by atoms with Crippen molar-refractivity contribution in [1.29, 1.82) is 0 Å². The highest BCUT2D eigenvalue weighted by Gasteiger charge is 2.12. The molecule has 0 fully saturated rings. The van der Waals surface area contributed by atoms with E-state index in [1.54, 1.807) is 12.1 Å². The zero-order valence-electron chi connectivity index (χ0n) is 10.9. The van der Waals surface area contributed by atoms with Gasteiger partial charge in [-0.15, -0.1) is 0 Å². The number of benzene rings is 2. The van der Waals surface area contributed by atoms with Crippen molar-refractivity contribution in [3.05, 3.63) is 67.9 Å². The molecule has 0 amide bonds. The molecule has 110 valence electrons. The summed E-state index contributed by atoms with van der Waals surface area (Å²) in [6, 6.07) is 8.85. The Balaban J connectivity index is 2.20. The number of nitrogens with two attached hydrogens (primary N) is 1. The number of nitro groups is 1. The van der Waals surface area contributed by atoms with Crippen molar-refractivity contribution in [1.82, 2.24) is 0 Å². The molecule has 2 N–H and O–H groups in total. The first-order chi connectivity index (χ1) is 10.0. The first-order valence-corrected chi connectivity index (χ1v) is 6.85. The van der Waals surface area contributed by atoms with Crippen LogP contribution >= 0.6 is 15.9 Å². The van der Waals surface area contributed by atoms with Crippen LogP contribution < -0.4 is 10.5 Å². The standard InChI is InChI=1S/C14H12BrFN2O3/c15-14-9(2-1-3-12(14)16)8-21-13-5-4-11(18(19)20)6-10(13)7-17/h1-6H,7-8,17H2. The average molecular weight is 355 g/mol. The van der Waals surface area contributed by atoms with Crippen LogP contribution in [-0.4, -0.2) is 4.92 Å². The lowest BCUT2D eigenvalue weighted by molar-refractivity contribution is -0.384. The van der Waals surface area contributed by atoms with Crippen LogP contribution in [0.15, 0.2) is 40.9 Å². The molecule has 2 aromatic rings. The van der Waals surface area contributed by atoms with Crippen molar-refractivity contribution in [2.75, 3.05) is 0 Å². The molecular weight excluding hydrogens is 343 g/mol. The third-order valence-corrected chi connectivity index (χ3v) is 3.78. The summed E-state index contributed by atoms with van der Waals surface area (Å²) in [5, 5.41) is 10.7. The van der Waals surface area contributed by atoms with Crippen molar-refractivity contribution >= 4 is 21.6 Å². The Morgan fingerprint density at radius 3 is 2.71 bits per heavy atom. The van der Waals surface area contributed by atoms with Crippen LogP contribution in [-0.2, 0) is 13.2 Å². The Kier molecular flexibility index (Phi) is 4.87. The molecule has 0 aliphatic carbocycles. The van der Waals surface area contributed by atoms with E-state index in [9.17, 15) is 14.5 Å². The predicted molar refractivity (Wildman–Crippen MR) is 79.4 cm³/mol. The third kappa shape index (κ3) is 3.56. The molecule has 0 aliphatic rings. The molecule has 0 heterocycles. The number of hydrogen-bond acceptors (Lipinski definition) is 4. The van der Waals surface area contributed by atoms with Crippen LogP contribution in [0.25, 0.3) is 0 Å². The van der Waals surface area contributed by atoms with E-state index < -0.39 is 4.92 Å². The molecule has 0 unspecified atom stereocenters. The SMILES string of the molecule is NCc1cc([N+](=O)[O-])ccc1OCc1cccc(F)c1Br. The van der Waals surface area contributed by atoms with Gasteiger partial charge in [-0.05, 0) is 28.1 Å². The van der Waals surface area contributed by atoms with Gasteiger partial charge in [-0.25, -0.2) is 4.39 Å². The monoisotopic (exact) mass is 354 g/mol. The van der Waals surface area contributed by atoms with E-state index in [1.165, 1.54) is 24.3 Å². The van der Waals surface area contributed by atoms with Crippen LogP contribution in [0.1, 0.15) is 11.1 Å². The molecule has 0 saturated heterocycles. The molecule has 2 rings (SSSR count). The van der Waals surface area contributed by atoms with Gasteiger partial charge in [0.25, 0.3) is 5.69 Å². The average Bonchev–Trinajstić information content (AvgIpc) is 2.48. The summed E-state index contributed by atoms with van der Waals surface area (Å²) in [6.45, 7) is 0.241. The number of halogens is 2. The number of nitro benzene ring substituents is 1. The maximum Gasteiger partial charge on any atom is 0.270 e. The highest BCUT2D eigenvalue weighted by molar-refractivity contribution is 9.10. The fourth-order valence-electron chi connectivity index (χ4n) is 1.80. The third-order valence-electron chi connectivity index (χ3n) is 2.89. The van der Waals surface area contributed by atoms with E-state index in [0.29, 0.717) is 21.3 Å².